The Hall–Kier alpha value is -0.0900. The molecule has 0 amide bonds. The van der Waals surface area contributed by atoms with Gasteiger partial charge in [-0.2, -0.15) is 4.31 Å². The lowest BCUT2D eigenvalue weighted by atomic mass is 9.69. The lowest BCUT2D eigenvalue weighted by Crippen LogP contribution is -2.49. The number of fused-ring (bicyclic) bond motifs is 2. The Bertz CT molecular complexity index is 457. The van der Waals surface area contributed by atoms with Crippen LogP contribution in [-0.2, 0) is 10.0 Å². The zero-order valence-corrected chi connectivity index (χ0v) is 14.6. The number of nitrogens with zero attached hydrogens (tertiary/aromatic N) is 1. The first-order valence-electron chi connectivity index (χ1n) is 7.89. The normalized spacial score (nSPS) is 32.8. The fourth-order valence-electron chi connectivity index (χ4n) is 4.13. The summed E-state index contributed by atoms with van der Waals surface area (Å²) in [6, 6.07) is 0.0284. The Balaban J connectivity index is 2.31. The van der Waals surface area contributed by atoms with Gasteiger partial charge >= 0.3 is 0 Å². The van der Waals surface area contributed by atoms with Crippen LogP contribution in [0.2, 0.25) is 0 Å². The average molecular weight is 300 g/mol. The lowest BCUT2D eigenvalue weighted by molar-refractivity contribution is 0.116. The van der Waals surface area contributed by atoms with Gasteiger partial charge in [-0.3, -0.25) is 0 Å². The summed E-state index contributed by atoms with van der Waals surface area (Å²) in [6.45, 7) is 12.9. The van der Waals surface area contributed by atoms with E-state index in [2.05, 4.69) is 20.3 Å². The fraction of sp³-hybridized carbons (Fsp3) is 0.938. The molecule has 2 fully saturated rings. The third-order valence-electron chi connectivity index (χ3n) is 5.97. The molecule has 1 radical (unpaired) electrons. The van der Waals surface area contributed by atoms with E-state index < -0.39 is 10.0 Å². The first-order chi connectivity index (χ1) is 9.04. The van der Waals surface area contributed by atoms with Crippen molar-refractivity contribution in [1.29, 1.82) is 0 Å². The van der Waals surface area contributed by atoms with Gasteiger partial charge in [0, 0.05) is 12.6 Å². The molecule has 0 N–H and O–H groups in total. The van der Waals surface area contributed by atoms with Crippen LogP contribution in [0.4, 0.5) is 0 Å². The molecule has 2 rings (SSSR count). The molecule has 2 atom stereocenters. The largest absolute Gasteiger partial charge is 0.216 e. The molecule has 4 heteroatoms. The van der Waals surface area contributed by atoms with E-state index >= 15 is 0 Å². The van der Waals surface area contributed by atoms with Crippen molar-refractivity contribution in [2.24, 2.45) is 16.7 Å². The van der Waals surface area contributed by atoms with Crippen LogP contribution in [0, 0.1) is 23.2 Å². The molecule has 0 aromatic carbocycles. The SMILES string of the molecule is CC(C)N(CC12[CH]CC(CC1)C2(C)C)S(=O)(=O)C(C)C. The van der Waals surface area contributed by atoms with E-state index in [4.69, 9.17) is 0 Å². The van der Waals surface area contributed by atoms with Crippen LogP contribution in [0.5, 0.6) is 0 Å². The van der Waals surface area contributed by atoms with E-state index in [1.165, 1.54) is 6.42 Å². The smallest absolute Gasteiger partial charge is 0.212 e. The number of sulfonamides is 1. The van der Waals surface area contributed by atoms with Gasteiger partial charge in [-0.25, -0.2) is 8.42 Å². The highest BCUT2D eigenvalue weighted by Crippen LogP contribution is 2.65. The molecule has 117 valence electrons. The standard InChI is InChI=1S/C16H30NO2S/c1-12(2)17(20(18,19)13(3)4)11-16-9-7-14(8-10-16)15(16,5)6/h9,12-14H,7-8,10-11H2,1-6H3. The number of hydrogen-bond donors (Lipinski definition) is 0. The molecule has 2 saturated carbocycles. The van der Waals surface area contributed by atoms with Crippen LogP contribution < -0.4 is 0 Å². The second-order valence-electron chi connectivity index (χ2n) is 7.79. The Morgan fingerprint density at radius 2 is 1.85 bits per heavy atom. The maximum Gasteiger partial charge on any atom is 0.216 e. The molecule has 0 aliphatic heterocycles. The minimum Gasteiger partial charge on any atom is -0.212 e. The summed E-state index contributed by atoms with van der Waals surface area (Å²) in [6.07, 6.45) is 5.96. The lowest BCUT2D eigenvalue weighted by Gasteiger charge is -2.43. The summed E-state index contributed by atoms with van der Waals surface area (Å²) in [5, 5.41) is -0.344. The van der Waals surface area contributed by atoms with E-state index in [1.54, 1.807) is 18.2 Å². The van der Waals surface area contributed by atoms with Crippen LogP contribution in [0.25, 0.3) is 0 Å². The molecule has 20 heavy (non-hydrogen) atoms. The zero-order valence-electron chi connectivity index (χ0n) is 13.8. The van der Waals surface area contributed by atoms with Crippen molar-refractivity contribution in [2.75, 3.05) is 6.54 Å². The summed E-state index contributed by atoms with van der Waals surface area (Å²) >= 11 is 0. The summed E-state index contributed by atoms with van der Waals surface area (Å²) in [5.41, 5.74) is 0.302. The summed E-state index contributed by atoms with van der Waals surface area (Å²) < 4.78 is 27.1. The molecule has 0 spiro atoms. The second-order valence-corrected chi connectivity index (χ2v) is 10.2. The van der Waals surface area contributed by atoms with Crippen LogP contribution in [-0.4, -0.2) is 30.6 Å². The Morgan fingerprint density at radius 3 is 2.15 bits per heavy atom. The summed E-state index contributed by atoms with van der Waals surface area (Å²) in [4.78, 5) is 0. The van der Waals surface area contributed by atoms with Crippen molar-refractivity contribution in [3.05, 3.63) is 6.42 Å². The minimum absolute atomic E-state index is 0.0284. The van der Waals surface area contributed by atoms with Gasteiger partial charge < -0.3 is 0 Å². The first kappa shape index (κ1) is 16.3. The van der Waals surface area contributed by atoms with Crippen LogP contribution in [0.3, 0.4) is 0 Å². The topological polar surface area (TPSA) is 37.4 Å². The fourth-order valence-corrected chi connectivity index (χ4v) is 5.67. The first-order valence-corrected chi connectivity index (χ1v) is 9.40. The maximum absolute atomic E-state index is 12.7. The van der Waals surface area contributed by atoms with Crippen LogP contribution in [0.1, 0.15) is 60.8 Å². The van der Waals surface area contributed by atoms with E-state index in [0.717, 1.165) is 18.8 Å². The van der Waals surface area contributed by atoms with Crippen LogP contribution in [0.15, 0.2) is 0 Å². The van der Waals surface area contributed by atoms with Crippen LogP contribution >= 0.6 is 0 Å². The predicted molar refractivity (Wildman–Crippen MR) is 83.8 cm³/mol. The third-order valence-corrected chi connectivity index (χ3v) is 8.37. The van der Waals surface area contributed by atoms with Gasteiger partial charge in [-0.1, -0.05) is 13.8 Å². The molecule has 0 aromatic heterocycles. The molecule has 2 aliphatic carbocycles. The zero-order chi connectivity index (χ0) is 15.3. The van der Waals surface area contributed by atoms with E-state index in [9.17, 15) is 8.42 Å². The summed E-state index contributed by atoms with van der Waals surface area (Å²) in [7, 11) is -3.19. The van der Waals surface area contributed by atoms with E-state index in [-0.39, 0.29) is 22.1 Å². The van der Waals surface area contributed by atoms with Crippen molar-refractivity contribution >= 4 is 10.0 Å². The molecule has 0 saturated heterocycles. The van der Waals surface area contributed by atoms with Gasteiger partial charge in [0.05, 0.1) is 5.25 Å². The molecule has 2 bridgehead atoms. The molecular weight excluding hydrogens is 270 g/mol. The minimum atomic E-state index is -3.19. The van der Waals surface area contributed by atoms with Crippen molar-refractivity contribution in [3.63, 3.8) is 0 Å². The molecule has 0 heterocycles. The van der Waals surface area contributed by atoms with Gasteiger partial charge in [0.25, 0.3) is 0 Å². The van der Waals surface area contributed by atoms with Gasteiger partial charge in [0.1, 0.15) is 0 Å². The highest BCUT2D eigenvalue weighted by atomic mass is 32.2. The van der Waals surface area contributed by atoms with Gasteiger partial charge in [-0.05, 0) is 70.1 Å². The maximum atomic E-state index is 12.7. The van der Waals surface area contributed by atoms with Crippen molar-refractivity contribution in [1.82, 2.24) is 4.31 Å². The van der Waals surface area contributed by atoms with Gasteiger partial charge in [0.15, 0.2) is 0 Å². The molecule has 2 unspecified atom stereocenters. The highest BCUT2D eigenvalue weighted by Gasteiger charge is 2.60. The predicted octanol–water partition coefficient (Wildman–Crippen LogP) is 3.47. The second kappa shape index (κ2) is 4.98. The van der Waals surface area contributed by atoms with Gasteiger partial charge in [0.2, 0.25) is 10.0 Å². The third kappa shape index (κ3) is 2.23. The van der Waals surface area contributed by atoms with Crippen molar-refractivity contribution < 1.29 is 8.42 Å². The molecule has 2 aliphatic rings. The molecule has 0 aromatic rings. The number of rotatable bonds is 5. The number of hydrogen-bond acceptors (Lipinski definition) is 2. The van der Waals surface area contributed by atoms with E-state index in [0.29, 0.717) is 6.54 Å². The van der Waals surface area contributed by atoms with E-state index in [1.807, 2.05) is 13.8 Å². The van der Waals surface area contributed by atoms with Crippen molar-refractivity contribution in [3.8, 4) is 0 Å². The quantitative estimate of drug-likeness (QED) is 0.779. The molecule has 3 nitrogen and oxygen atoms in total. The molecular formula is C16H30NO2S. The van der Waals surface area contributed by atoms with Gasteiger partial charge in [-0.15, -0.1) is 0 Å². The summed E-state index contributed by atoms with van der Waals surface area (Å²) in [5.74, 6) is 0.735. The highest BCUT2D eigenvalue weighted by molar-refractivity contribution is 7.89. The average Bonchev–Trinajstić information content (AvgIpc) is 2.72. The monoisotopic (exact) mass is 300 g/mol. The Labute approximate surface area is 125 Å². The van der Waals surface area contributed by atoms with Crippen molar-refractivity contribution in [2.45, 2.75) is 72.1 Å². The Kier molecular flexibility index (Phi) is 4.05. The Morgan fingerprint density at radius 1 is 1.25 bits per heavy atom.